The van der Waals surface area contributed by atoms with Gasteiger partial charge in [0.15, 0.2) is 11.6 Å². The Kier molecular flexibility index (Phi) is 6.20. The highest BCUT2D eigenvalue weighted by molar-refractivity contribution is 7.89. The van der Waals surface area contributed by atoms with E-state index in [0.717, 1.165) is 18.4 Å². The van der Waals surface area contributed by atoms with Crippen molar-refractivity contribution in [3.05, 3.63) is 35.7 Å². The summed E-state index contributed by atoms with van der Waals surface area (Å²) in [6, 6.07) is 2.13. The highest BCUT2D eigenvalue weighted by Gasteiger charge is 2.75. The zero-order valence-electron chi connectivity index (χ0n) is 26.3. The number of H-pyrrole nitrogens is 1. The number of aliphatic hydroxyl groups is 1. The molecule has 6 rings (SSSR count). The van der Waals surface area contributed by atoms with Crippen LogP contribution in [0.1, 0.15) is 93.4 Å². The second-order valence-electron chi connectivity index (χ2n) is 16.0. The van der Waals surface area contributed by atoms with Crippen LogP contribution in [0.15, 0.2) is 40.6 Å². The first-order valence-corrected chi connectivity index (χ1v) is 16.9. The highest BCUT2D eigenvalue weighted by atomic mass is 32.2. The van der Waals surface area contributed by atoms with Crippen LogP contribution >= 0.6 is 0 Å². The molecule has 0 bridgehead atoms. The minimum absolute atomic E-state index is 0.0479. The third-order valence-corrected chi connectivity index (χ3v) is 15.0. The molecule has 3 N–H and O–H groups in total. The number of hydrogen-bond acceptors (Lipinski definition) is 7. The summed E-state index contributed by atoms with van der Waals surface area (Å²) in [4.78, 5) is 27.9. The van der Waals surface area contributed by atoms with E-state index in [4.69, 9.17) is 0 Å². The van der Waals surface area contributed by atoms with Gasteiger partial charge in [0.1, 0.15) is 16.6 Å². The number of allylic oxidation sites excluding steroid dienone is 3. The smallest absolute Gasteiger partial charge is 0.244 e. The Hall–Kier alpha value is -2.61. The van der Waals surface area contributed by atoms with Crippen molar-refractivity contribution in [1.82, 2.24) is 14.9 Å². The fraction of sp³-hybridized carbons (Fsp3) is 0.697. The van der Waals surface area contributed by atoms with Gasteiger partial charge in [-0.05, 0) is 80.3 Å². The lowest BCUT2D eigenvalue weighted by Crippen LogP contribution is -2.74. The number of carbonyl (C=O) groups is 2. The van der Waals surface area contributed by atoms with Crippen molar-refractivity contribution in [3.8, 4) is 6.07 Å². The third kappa shape index (κ3) is 3.68. The van der Waals surface area contributed by atoms with Gasteiger partial charge in [0.05, 0.1) is 11.8 Å². The van der Waals surface area contributed by atoms with Gasteiger partial charge >= 0.3 is 0 Å². The molecular formula is C33H44N4O5S. The molecule has 0 amide bonds. The molecule has 232 valence electrons. The third-order valence-electron chi connectivity index (χ3n) is 13.4. The number of aromatic amines is 1. The molecular weight excluding hydrogens is 564 g/mol. The summed E-state index contributed by atoms with van der Waals surface area (Å²) in [6.07, 6.45) is 10.5. The maximum Gasteiger partial charge on any atom is 0.244 e. The van der Waals surface area contributed by atoms with E-state index in [1.165, 1.54) is 12.4 Å². The van der Waals surface area contributed by atoms with Crippen LogP contribution in [0.2, 0.25) is 0 Å². The second kappa shape index (κ2) is 8.76. The Balaban J connectivity index is 1.47. The van der Waals surface area contributed by atoms with Gasteiger partial charge in [0.2, 0.25) is 10.0 Å². The van der Waals surface area contributed by atoms with Crippen LogP contribution in [0.5, 0.6) is 0 Å². The number of carbonyl (C=O) groups excluding carboxylic acids is 2. The monoisotopic (exact) mass is 608 g/mol. The Morgan fingerprint density at radius 3 is 2.33 bits per heavy atom. The largest absolute Gasteiger partial charge is 0.381 e. The fourth-order valence-electron chi connectivity index (χ4n) is 10.6. The van der Waals surface area contributed by atoms with Gasteiger partial charge in [0.25, 0.3) is 0 Å². The van der Waals surface area contributed by atoms with E-state index in [-0.39, 0.29) is 33.4 Å². The number of sulfonamides is 1. The average molecular weight is 609 g/mol. The lowest BCUT2D eigenvalue weighted by molar-refractivity contribution is -0.239. The average Bonchev–Trinajstić information content (AvgIpc) is 3.47. The maximum atomic E-state index is 14.6. The normalized spacial score (nSPS) is 45.5. The van der Waals surface area contributed by atoms with E-state index in [1.807, 2.05) is 20.8 Å². The first-order chi connectivity index (χ1) is 19.7. The van der Waals surface area contributed by atoms with Crippen molar-refractivity contribution < 1.29 is 23.1 Å². The molecule has 5 aliphatic carbocycles. The molecule has 43 heavy (non-hydrogen) atoms. The minimum Gasteiger partial charge on any atom is -0.381 e. The van der Waals surface area contributed by atoms with Gasteiger partial charge in [-0.2, -0.15) is 10.4 Å². The Morgan fingerprint density at radius 2 is 1.70 bits per heavy atom. The maximum absolute atomic E-state index is 14.6. The number of aromatic nitrogens is 2. The summed E-state index contributed by atoms with van der Waals surface area (Å²) in [7, 11) is -3.87. The van der Waals surface area contributed by atoms with E-state index >= 15 is 0 Å². The molecule has 1 aromatic heterocycles. The standard InChI is InChI=1S/C33H44N4O5S/c1-27(2)22-8-9-31(6)23(30(22,5)15-20(17-34)26(27)39)14-25(38)33(40)24-16-29(4,37-43(41,42)21-18-35-36-19-21)12-10-28(24,3)11-13-32(31,33)7/h14-15,18-19,22,24,37,40H,8-13,16H2,1-7H3,(H,35,36)/t22-,24+,28+,29-,30-,31+,32-,33+/m0/s1. The SMILES string of the molecule is CC1(C)C(=O)C(C#N)=C[C@]2(C)C3=CC(=O)[C@]4(O)[C@@H]5C[C@@](C)(NS(=O)(=O)c6cn[nH]c6)CC[C@]5(C)CC[C@@]4(C)[C@]3(C)CC[C@@H]12. The van der Waals surface area contributed by atoms with E-state index in [2.05, 4.69) is 48.7 Å². The predicted molar refractivity (Wildman–Crippen MR) is 160 cm³/mol. The zero-order chi connectivity index (χ0) is 31.6. The Morgan fingerprint density at radius 1 is 1.02 bits per heavy atom. The molecule has 0 aromatic carbocycles. The fourth-order valence-corrected chi connectivity index (χ4v) is 12.0. The van der Waals surface area contributed by atoms with Crippen molar-refractivity contribution in [2.45, 2.75) is 109 Å². The van der Waals surface area contributed by atoms with Crippen LogP contribution in [-0.4, -0.2) is 46.4 Å². The first-order valence-electron chi connectivity index (χ1n) is 15.4. The number of nitriles is 1. The summed E-state index contributed by atoms with van der Waals surface area (Å²) in [5, 5.41) is 29.3. The molecule has 0 radical (unpaired) electrons. The number of nitrogens with one attached hydrogen (secondary N) is 2. The lowest BCUT2D eigenvalue weighted by Gasteiger charge is -2.71. The summed E-state index contributed by atoms with van der Waals surface area (Å²) in [5.41, 5.74) is -4.78. The number of Topliss-reactive ketones (excluding diaryl/α,β-unsaturated/α-hetero) is 1. The van der Waals surface area contributed by atoms with Gasteiger partial charge < -0.3 is 5.11 Å². The Bertz CT molecular complexity index is 1640. The summed E-state index contributed by atoms with van der Waals surface area (Å²) in [6.45, 7) is 14.1. The predicted octanol–water partition coefficient (Wildman–Crippen LogP) is 4.77. The van der Waals surface area contributed by atoms with Crippen molar-refractivity contribution >= 4 is 21.6 Å². The molecule has 3 fully saturated rings. The lowest BCUT2D eigenvalue weighted by atomic mass is 9.33. The summed E-state index contributed by atoms with van der Waals surface area (Å²) in [5.74, 6) is -1.06. The van der Waals surface area contributed by atoms with Crippen LogP contribution in [-0.2, 0) is 19.6 Å². The molecule has 9 nitrogen and oxygen atoms in total. The van der Waals surface area contributed by atoms with E-state index in [0.29, 0.717) is 32.1 Å². The number of ketones is 2. The van der Waals surface area contributed by atoms with E-state index in [9.17, 15) is 28.4 Å². The molecule has 10 heteroatoms. The van der Waals surface area contributed by atoms with Crippen LogP contribution in [0.4, 0.5) is 0 Å². The summed E-state index contributed by atoms with van der Waals surface area (Å²) < 4.78 is 29.4. The molecule has 0 aliphatic heterocycles. The molecule has 8 atom stereocenters. The molecule has 0 saturated heterocycles. The van der Waals surface area contributed by atoms with Gasteiger partial charge in [-0.25, -0.2) is 13.1 Å². The highest BCUT2D eigenvalue weighted by Crippen LogP contribution is 2.75. The van der Waals surface area contributed by atoms with Crippen molar-refractivity contribution in [2.24, 2.45) is 38.9 Å². The number of nitrogens with zero attached hydrogens (tertiary/aromatic N) is 2. The topological polar surface area (TPSA) is 153 Å². The molecule has 3 saturated carbocycles. The van der Waals surface area contributed by atoms with Crippen LogP contribution in [0.25, 0.3) is 0 Å². The zero-order valence-corrected chi connectivity index (χ0v) is 27.1. The van der Waals surface area contributed by atoms with Gasteiger partial charge in [-0.15, -0.1) is 0 Å². The quantitative estimate of drug-likeness (QED) is 0.447. The van der Waals surface area contributed by atoms with Gasteiger partial charge in [0, 0.05) is 33.9 Å². The second-order valence-corrected chi connectivity index (χ2v) is 17.6. The van der Waals surface area contributed by atoms with E-state index in [1.54, 1.807) is 12.2 Å². The van der Waals surface area contributed by atoms with Crippen molar-refractivity contribution in [1.29, 1.82) is 5.26 Å². The number of fused-ring (bicyclic) bond motifs is 7. The molecule has 1 aromatic rings. The molecule has 1 heterocycles. The van der Waals surface area contributed by atoms with Crippen molar-refractivity contribution in [2.75, 3.05) is 0 Å². The van der Waals surface area contributed by atoms with E-state index < -0.39 is 48.7 Å². The molecule has 0 spiro atoms. The summed E-state index contributed by atoms with van der Waals surface area (Å²) >= 11 is 0. The Labute approximate surface area is 254 Å². The minimum atomic E-state index is -3.87. The van der Waals surface area contributed by atoms with Crippen LogP contribution in [0.3, 0.4) is 0 Å². The van der Waals surface area contributed by atoms with Crippen LogP contribution < -0.4 is 4.72 Å². The number of hydrogen-bond donors (Lipinski definition) is 3. The molecule has 0 unspecified atom stereocenters. The number of rotatable bonds is 3. The van der Waals surface area contributed by atoms with Gasteiger partial charge in [-0.3, -0.25) is 14.7 Å². The first kappa shape index (κ1) is 30.4. The molecule has 5 aliphatic rings. The van der Waals surface area contributed by atoms with Crippen LogP contribution in [0, 0.1) is 50.2 Å². The van der Waals surface area contributed by atoms with Gasteiger partial charge in [-0.1, -0.05) is 47.6 Å². The van der Waals surface area contributed by atoms with Crippen molar-refractivity contribution in [3.63, 3.8) is 0 Å².